The Morgan fingerprint density at radius 2 is 0.816 bits per heavy atom. The van der Waals surface area contributed by atoms with Crippen molar-refractivity contribution in [3.05, 3.63) is 119 Å². The normalized spacial score (nSPS) is 13.1. The Hall–Kier alpha value is -5.22. The first-order valence-corrected chi connectivity index (χ1v) is 12.5. The molecule has 0 fully saturated rings. The van der Waals surface area contributed by atoms with Crippen molar-refractivity contribution in [1.29, 1.82) is 0 Å². The number of nitrogen functional groups attached to an aromatic ring is 2. The SMILES string of the molecule is Nc1cccc2c1-c1cc(-c3cc4c5c(cccc5c3)C(=O)c3cccc(N)c3-4)cc3cccc(c13)C2=O. The van der Waals surface area contributed by atoms with E-state index in [1.165, 1.54) is 0 Å². The lowest BCUT2D eigenvalue weighted by Crippen LogP contribution is -2.12. The minimum Gasteiger partial charge on any atom is -0.398 e. The van der Waals surface area contributed by atoms with Crippen LogP contribution in [0, 0.1) is 0 Å². The van der Waals surface area contributed by atoms with E-state index in [1.54, 1.807) is 0 Å². The minimum absolute atomic E-state index is 0.00226. The molecule has 4 N–H and O–H groups in total. The Bertz CT molecular complexity index is 1940. The molecule has 4 nitrogen and oxygen atoms in total. The number of fused-ring (bicyclic) bond motifs is 4. The van der Waals surface area contributed by atoms with Crippen LogP contribution in [0.4, 0.5) is 11.4 Å². The molecular formula is C34H20N2O2. The lowest BCUT2D eigenvalue weighted by molar-refractivity contribution is 0.103. The molecule has 178 valence electrons. The third-order valence-electron chi connectivity index (χ3n) is 8.00. The molecule has 8 rings (SSSR count). The summed E-state index contributed by atoms with van der Waals surface area (Å²) in [5.41, 5.74) is 22.2. The zero-order valence-corrected chi connectivity index (χ0v) is 20.2. The van der Waals surface area contributed by atoms with Crippen molar-refractivity contribution in [2.45, 2.75) is 0 Å². The van der Waals surface area contributed by atoms with Gasteiger partial charge in [-0.2, -0.15) is 0 Å². The largest absolute Gasteiger partial charge is 0.398 e. The molecule has 6 aromatic rings. The van der Waals surface area contributed by atoms with Crippen LogP contribution in [0.1, 0.15) is 31.8 Å². The predicted octanol–water partition coefficient (Wildman–Crippen LogP) is 7.25. The van der Waals surface area contributed by atoms with Crippen molar-refractivity contribution >= 4 is 44.5 Å². The first-order chi connectivity index (χ1) is 18.5. The van der Waals surface area contributed by atoms with E-state index >= 15 is 0 Å². The van der Waals surface area contributed by atoms with Crippen LogP contribution in [0.25, 0.3) is 54.9 Å². The second-order valence-electron chi connectivity index (χ2n) is 10.1. The zero-order chi connectivity index (χ0) is 25.7. The molecule has 0 atom stereocenters. The second kappa shape index (κ2) is 7.17. The lowest BCUT2D eigenvalue weighted by Gasteiger charge is -2.24. The van der Waals surface area contributed by atoms with Crippen LogP contribution < -0.4 is 11.5 Å². The van der Waals surface area contributed by atoms with Gasteiger partial charge in [0, 0.05) is 55.5 Å². The average molecular weight is 489 g/mol. The molecule has 2 aliphatic rings. The van der Waals surface area contributed by atoms with E-state index in [4.69, 9.17) is 11.5 Å². The summed E-state index contributed by atoms with van der Waals surface area (Å²) in [7, 11) is 0. The van der Waals surface area contributed by atoms with Crippen molar-refractivity contribution in [2.24, 2.45) is 0 Å². The van der Waals surface area contributed by atoms with Crippen molar-refractivity contribution in [3.63, 3.8) is 0 Å². The number of ketones is 2. The second-order valence-corrected chi connectivity index (χ2v) is 10.1. The van der Waals surface area contributed by atoms with Gasteiger partial charge < -0.3 is 11.5 Å². The van der Waals surface area contributed by atoms with Gasteiger partial charge in [0.25, 0.3) is 0 Å². The van der Waals surface area contributed by atoms with E-state index in [9.17, 15) is 9.59 Å². The average Bonchev–Trinajstić information content (AvgIpc) is 2.93. The van der Waals surface area contributed by atoms with Crippen LogP contribution in [0.3, 0.4) is 0 Å². The van der Waals surface area contributed by atoms with Crippen LogP contribution in [0.15, 0.2) is 97.1 Å². The van der Waals surface area contributed by atoms with Crippen molar-refractivity contribution in [3.8, 4) is 33.4 Å². The van der Waals surface area contributed by atoms with Crippen LogP contribution >= 0.6 is 0 Å². The molecule has 6 aromatic carbocycles. The van der Waals surface area contributed by atoms with Crippen molar-refractivity contribution in [2.75, 3.05) is 11.5 Å². The van der Waals surface area contributed by atoms with Gasteiger partial charge in [0.2, 0.25) is 0 Å². The fourth-order valence-electron chi connectivity index (χ4n) is 6.37. The molecule has 0 radical (unpaired) electrons. The molecule has 38 heavy (non-hydrogen) atoms. The van der Waals surface area contributed by atoms with E-state index in [0.717, 1.165) is 54.9 Å². The van der Waals surface area contributed by atoms with Gasteiger partial charge in [-0.25, -0.2) is 0 Å². The summed E-state index contributed by atoms with van der Waals surface area (Å²) in [5, 5.41) is 3.82. The smallest absolute Gasteiger partial charge is 0.194 e. The van der Waals surface area contributed by atoms with Gasteiger partial charge in [0.15, 0.2) is 11.6 Å². The summed E-state index contributed by atoms with van der Waals surface area (Å²) in [6.07, 6.45) is 0. The third-order valence-corrected chi connectivity index (χ3v) is 8.00. The molecular weight excluding hydrogens is 468 g/mol. The van der Waals surface area contributed by atoms with E-state index in [0.29, 0.717) is 33.6 Å². The number of carbonyl (C=O) groups excluding carboxylic acids is 2. The number of benzene rings is 6. The van der Waals surface area contributed by atoms with Crippen LogP contribution in [-0.4, -0.2) is 11.6 Å². The molecule has 4 heteroatoms. The van der Waals surface area contributed by atoms with Gasteiger partial charge in [-0.1, -0.05) is 60.7 Å². The molecule has 0 saturated carbocycles. The summed E-state index contributed by atoms with van der Waals surface area (Å²) in [4.78, 5) is 26.7. The predicted molar refractivity (Wildman–Crippen MR) is 153 cm³/mol. The molecule has 0 aromatic heterocycles. The van der Waals surface area contributed by atoms with Crippen LogP contribution in [0.5, 0.6) is 0 Å². The highest BCUT2D eigenvalue weighted by atomic mass is 16.1. The molecule has 0 spiro atoms. The monoisotopic (exact) mass is 488 g/mol. The van der Waals surface area contributed by atoms with Crippen molar-refractivity contribution < 1.29 is 9.59 Å². The van der Waals surface area contributed by atoms with Gasteiger partial charge in [-0.3, -0.25) is 9.59 Å². The molecule has 0 amide bonds. The van der Waals surface area contributed by atoms with Gasteiger partial charge in [-0.05, 0) is 69.4 Å². The Labute approximate surface area is 218 Å². The van der Waals surface area contributed by atoms with E-state index in [2.05, 4.69) is 24.3 Å². The molecule has 0 bridgehead atoms. The number of hydrogen-bond acceptors (Lipinski definition) is 4. The third kappa shape index (κ3) is 2.58. The zero-order valence-electron chi connectivity index (χ0n) is 20.2. The standard InChI is InChI=1S/C34H20N2O2/c35-27-11-3-9-23-31(27)25-15-19(13-17-5-1-7-21(29(17)25)33(23)37)20-14-18-6-2-8-22-30(18)26(16-20)32-24(34(22)38)10-4-12-28(32)36/h1-16H,35-36H2. The maximum absolute atomic E-state index is 13.4. The van der Waals surface area contributed by atoms with E-state index < -0.39 is 0 Å². The Morgan fingerprint density at radius 3 is 1.26 bits per heavy atom. The Kier molecular flexibility index (Phi) is 3.95. The van der Waals surface area contributed by atoms with Gasteiger partial charge in [0.1, 0.15) is 0 Å². The topological polar surface area (TPSA) is 86.2 Å². The van der Waals surface area contributed by atoms with Crippen LogP contribution in [-0.2, 0) is 0 Å². The maximum atomic E-state index is 13.4. The number of rotatable bonds is 1. The van der Waals surface area contributed by atoms with E-state index in [1.807, 2.05) is 72.8 Å². The quantitative estimate of drug-likeness (QED) is 0.238. The Morgan fingerprint density at radius 1 is 0.421 bits per heavy atom. The van der Waals surface area contributed by atoms with Gasteiger partial charge >= 0.3 is 0 Å². The molecule has 2 aliphatic carbocycles. The summed E-state index contributed by atoms with van der Waals surface area (Å²) in [6, 6.07) is 31.3. The highest BCUT2D eigenvalue weighted by molar-refractivity contribution is 6.29. The van der Waals surface area contributed by atoms with Crippen LogP contribution in [0.2, 0.25) is 0 Å². The summed E-state index contributed by atoms with van der Waals surface area (Å²) < 4.78 is 0. The van der Waals surface area contributed by atoms with Gasteiger partial charge in [0.05, 0.1) is 0 Å². The first kappa shape index (κ1) is 20.9. The minimum atomic E-state index is -0.00226. The Balaban J connectivity index is 1.48. The number of anilines is 2. The molecule has 0 saturated heterocycles. The summed E-state index contributed by atoms with van der Waals surface area (Å²) in [6.45, 7) is 0. The summed E-state index contributed by atoms with van der Waals surface area (Å²) in [5.74, 6) is -0.00452. The molecule has 0 heterocycles. The fraction of sp³-hybridized carbons (Fsp3) is 0. The fourth-order valence-corrected chi connectivity index (χ4v) is 6.37. The van der Waals surface area contributed by atoms with E-state index in [-0.39, 0.29) is 11.6 Å². The number of nitrogens with two attached hydrogens (primary N) is 2. The molecule has 0 unspecified atom stereocenters. The van der Waals surface area contributed by atoms with Crippen molar-refractivity contribution in [1.82, 2.24) is 0 Å². The highest BCUT2D eigenvalue weighted by Crippen LogP contribution is 2.47. The number of hydrogen-bond donors (Lipinski definition) is 2. The maximum Gasteiger partial charge on any atom is 0.194 e. The number of carbonyl (C=O) groups is 2. The summed E-state index contributed by atoms with van der Waals surface area (Å²) >= 11 is 0. The lowest BCUT2D eigenvalue weighted by atomic mass is 9.79. The molecule has 0 aliphatic heterocycles. The highest BCUT2D eigenvalue weighted by Gasteiger charge is 2.29. The first-order valence-electron chi connectivity index (χ1n) is 12.5. The van der Waals surface area contributed by atoms with Gasteiger partial charge in [-0.15, -0.1) is 0 Å².